The summed E-state index contributed by atoms with van der Waals surface area (Å²) < 4.78 is 5.40. The summed E-state index contributed by atoms with van der Waals surface area (Å²) in [5, 5.41) is 14.6. The number of aryl methyl sites for hydroxylation is 1. The van der Waals surface area contributed by atoms with E-state index in [1.165, 1.54) is 12.5 Å². The molecule has 1 saturated carbocycles. The minimum atomic E-state index is -0.537. The lowest BCUT2D eigenvalue weighted by molar-refractivity contribution is -0.132. The van der Waals surface area contributed by atoms with Crippen LogP contribution in [0.1, 0.15) is 63.0 Å². The van der Waals surface area contributed by atoms with Crippen LogP contribution in [0.2, 0.25) is 0 Å². The zero-order valence-electron chi connectivity index (χ0n) is 22.6. The fourth-order valence-corrected chi connectivity index (χ4v) is 6.52. The van der Waals surface area contributed by atoms with Crippen molar-refractivity contribution in [3.8, 4) is 5.75 Å². The number of unbranched alkanes of at least 4 members (excludes halogenated alkanes) is 2. The molecule has 0 spiro atoms. The highest BCUT2D eigenvalue weighted by Crippen LogP contribution is 2.49. The molecule has 6 heteroatoms. The van der Waals surface area contributed by atoms with Crippen molar-refractivity contribution in [3.05, 3.63) is 78.4 Å². The van der Waals surface area contributed by atoms with Gasteiger partial charge in [-0.1, -0.05) is 55.0 Å². The largest absolute Gasteiger partial charge is 0.427 e. The van der Waals surface area contributed by atoms with Gasteiger partial charge in [-0.15, -0.1) is 6.58 Å². The minimum Gasteiger partial charge on any atom is -0.427 e. The first kappa shape index (κ1) is 28.1. The predicted octanol–water partition coefficient (Wildman–Crippen LogP) is 4.80. The highest BCUT2D eigenvalue weighted by molar-refractivity contribution is 5.76. The number of likely N-dealkylation sites (tertiary alicyclic amines) is 1. The number of hydrogen-bond acceptors (Lipinski definition) is 5. The molecule has 4 rings (SSSR count). The van der Waals surface area contributed by atoms with Crippen molar-refractivity contribution in [2.24, 2.45) is 5.92 Å². The number of benzene rings is 2. The van der Waals surface area contributed by atoms with E-state index in [4.69, 9.17) is 4.74 Å². The molecule has 6 nitrogen and oxygen atoms in total. The molecular weight excluding hydrogens is 476 g/mol. The third kappa shape index (κ3) is 7.12. The number of carbonyl (C=O) groups is 2. The van der Waals surface area contributed by atoms with Crippen LogP contribution in [-0.2, 0) is 21.4 Å². The summed E-state index contributed by atoms with van der Waals surface area (Å²) in [7, 11) is 0. The summed E-state index contributed by atoms with van der Waals surface area (Å²) in [5.74, 6) is 0.255. The number of carbonyl (C=O) groups excluding carboxylic acids is 2. The summed E-state index contributed by atoms with van der Waals surface area (Å²) in [6, 6.07) is 18.1. The Bertz CT molecular complexity index is 1090. The van der Waals surface area contributed by atoms with Crippen molar-refractivity contribution >= 4 is 11.9 Å². The number of amides is 1. The van der Waals surface area contributed by atoms with Gasteiger partial charge in [-0.25, -0.2) is 0 Å². The van der Waals surface area contributed by atoms with Crippen molar-refractivity contribution in [1.29, 1.82) is 0 Å². The fraction of sp³-hybridized carbons (Fsp3) is 0.500. The van der Waals surface area contributed by atoms with Gasteiger partial charge in [0.15, 0.2) is 0 Å². The molecule has 2 N–H and O–H groups in total. The third-order valence-corrected chi connectivity index (χ3v) is 8.27. The van der Waals surface area contributed by atoms with Crippen molar-refractivity contribution in [1.82, 2.24) is 10.2 Å². The summed E-state index contributed by atoms with van der Waals surface area (Å²) in [6.07, 6.45) is 8.05. The van der Waals surface area contributed by atoms with Gasteiger partial charge in [0.05, 0.1) is 6.10 Å². The first-order valence-corrected chi connectivity index (χ1v) is 14.0. The number of aliphatic hydroxyl groups excluding tert-OH is 1. The van der Waals surface area contributed by atoms with Gasteiger partial charge in [0, 0.05) is 43.8 Å². The maximum absolute atomic E-state index is 12.9. The first-order chi connectivity index (χ1) is 18.4. The minimum absolute atomic E-state index is 0.0231. The number of nitrogens with one attached hydrogen (secondary N) is 1. The van der Waals surface area contributed by atoms with Crippen LogP contribution in [0.15, 0.2) is 67.3 Å². The van der Waals surface area contributed by atoms with Gasteiger partial charge in [-0.3, -0.25) is 14.5 Å². The second-order valence-corrected chi connectivity index (χ2v) is 11.0. The second kappa shape index (κ2) is 13.2. The lowest BCUT2D eigenvalue weighted by Crippen LogP contribution is -2.61. The van der Waals surface area contributed by atoms with Crippen LogP contribution in [-0.4, -0.2) is 53.7 Å². The zero-order valence-corrected chi connectivity index (χ0v) is 22.6. The van der Waals surface area contributed by atoms with Gasteiger partial charge < -0.3 is 15.2 Å². The second-order valence-electron chi connectivity index (χ2n) is 11.0. The van der Waals surface area contributed by atoms with Gasteiger partial charge >= 0.3 is 5.97 Å². The SMILES string of the molecule is C=CCN1CC[C@@]2(c3cccc(OC(C)=O)c3)C[C@H](NC(=O)CCCCCc3ccccc3)CC(O)[C@@H]2C1. The number of hydrogen-bond donors (Lipinski definition) is 2. The van der Waals surface area contributed by atoms with Crippen LogP contribution in [0.4, 0.5) is 0 Å². The molecule has 1 heterocycles. The van der Waals surface area contributed by atoms with Crippen molar-refractivity contribution in [3.63, 3.8) is 0 Å². The molecule has 204 valence electrons. The highest BCUT2D eigenvalue weighted by atomic mass is 16.5. The molecule has 2 fully saturated rings. The molecule has 1 aliphatic carbocycles. The molecule has 0 radical (unpaired) electrons. The summed E-state index contributed by atoms with van der Waals surface area (Å²) in [6.45, 7) is 7.73. The molecule has 1 aliphatic heterocycles. The fourth-order valence-electron chi connectivity index (χ4n) is 6.52. The van der Waals surface area contributed by atoms with Crippen LogP contribution in [0.25, 0.3) is 0 Å². The summed E-state index contributed by atoms with van der Waals surface area (Å²) >= 11 is 0. The Labute approximate surface area is 227 Å². The molecule has 2 aliphatic rings. The van der Waals surface area contributed by atoms with E-state index in [2.05, 4.69) is 47.1 Å². The number of esters is 1. The topological polar surface area (TPSA) is 78.9 Å². The van der Waals surface area contributed by atoms with Crippen molar-refractivity contribution in [2.45, 2.75) is 75.9 Å². The average Bonchev–Trinajstić information content (AvgIpc) is 2.89. The number of ether oxygens (including phenoxy) is 1. The van der Waals surface area contributed by atoms with Crippen LogP contribution in [0, 0.1) is 5.92 Å². The van der Waals surface area contributed by atoms with E-state index in [1.54, 1.807) is 6.07 Å². The lowest BCUT2D eigenvalue weighted by atomic mass is 9.57. The molecule has 1 unspecified atom stereocenters. The van der Waals surface area contributed by atoms with Gasteiger partial charge in [0.1, 0.15) is 5.75 Å². The average molecular weight is 519 g/mol. The van der Waals surface area contributed by atoms with Gasteiger partial charge in [-0.05, 0) is 68.3 Å². The van der Waals surface area contributed by atoms with E-state index in [-0.39, 0.29) is 29.3 Å². The van der Waals surface area contributed by atoms with E-state index in [0.717, 1.165) is 63.7 Å². The Kier molecular flexibility index (Phi) is 9.75. The standard InChI is InChI=1S/C32H42N2O4/c1-3-18-34-19-17-32(26-14-10-15-28(20-26)38-24(2)35)22-27(21-30(36)29(32)23-34)33-31(37)16-9-5-8-13-25-11-6-4-7-12-25/h3-4,6-7,10-12,14-15,20,27,29-30,36H,1,5,8-9,13,16-19,21-23H2,2H3,(H,33,37)/t27-,29+,30?,32+/m1/s1. The molecule has 1 amide bonds. The summed E-state index contributed by atoms with van der Waals surface area (Å²) in [5.41, 5.74) is 2.10. The molecule has 1 saturated heterocycles. The van der Waals surface area contributed by atoms with Crippen LogP contribution >= 0.6 is 0 Å². The Morgan fingerprint density at radius 2 is 1.97 bits per heavy atom. The van der Waals surface area contributed by atoms with Gasteiger partial charge in [0.25, 0.3) is 0 Å². The Hall–Kier alpha value is -2.96. The lowest BCUT2D eigenvalue weighted by Gasteiger charge is -2.54. The number of rotatable bonds is 11. The van der Waals surface area contributed by atoms with Crippen molar-refractivity contribution in [2.75, 3.05) is 19.6 Å². The first-order valence-electron chi connectivity index (χ1n) is 14.0. The molecule has 0 bridgehead atoms. The molecule has 4 atom stereocenters. The molecule has 0 aromatic heterocycles. The van der Waals surface area contributed by atoms with Gasteiger partial charge in [-0.2, -0.15) is 0 Å². The van der Waals surface area contributed by atoms with Gasteiger partial charge in [0.2, 0.25) is 5.91 Å². The Morgan fingerprint density at radius 3 is 2.74 bits per heavy atom. The quantitative estimate of drug-likeness (QED) is 0.193. The van der Waals surface area contributed by atoms with E-state index in [9.17, 15) is 14.7 Å². The van der Waals surface area contributed by atoms with E-state index in [0.29, 0.717) is 18.6 Å². The van der Waals surface area contributed by atoms with Crippen molar-refractivity contribution < 1.29 is 19.4 Å². The predicted molar refractivity (Wildman–Crippen MR) is 150 cm³/mol. The number of nitrogens with zero attached hydrogens (tertiary/aromatic N) is 1. The van der Waals surface area contributed by atoms with E-state index in [1.807, 2.05) is 24.3 Å². The number of piperidine rings is 1. The molecular formula is C32H42N2O4. The normalized spacial score (nSPS) is 25.3. The number of fused-ring (bicyclic) bond motifs is 1. The van der Waals surface area contributed by atoms with Crippen LogP contribution < -0.4 is 10.1 Å². The monoisotopic (exact) mass is 518 g/mol. The zero-order chi connectivity index (χ0) is 27.0. The maximum Gasteiger partial charge on any atom is 0.308 e. The van der Waals surface area contributed by atoms with E-state index < -0.39 is 6.10 Å². The van der Waals surface area contributed by atoms with Crippen LogP contribution in [0.5, 0.6) is 5.75 Å². The Morgan fingerprint density at radius 1 is 1.16 bits per heavy atom. The Balaban J connectivity index is 1.41. The highest BCUT2D eigenvalue weighted by Gasteiger charge is 2.52. The summed E-state index contributed by atoms with van der Waals surface area (Å²) in [4.78, 5) is 26.8. The molecule has 2 aromatic rings. The maximum atomic E-state index is 12.9. The molecule has 2 aromatic carbocycles. The molecule has 38 heavy (non-hydrogen) atoms. The third-order valence-electron chi connectivity index (χ3n) is 8.27. The number of aliphatic hydroxyl groups is 1. The van der Waals surface area contributed by atoms with Crippen LogP contribution in [0.3, 0.4) is 0 Å². The smallest absolute Gasteiger partial charge is 0.308 e. The van der Waals surface area contributed by atoms with E-state index >= 15 is 0 Å².